The van der Waals surface area contributed by atoms with Crippen molar-refractivity contribution in [2.45, 2.75) is 37.6 Å². The Hall–Kier alpha value is -2.29. The number of fused-ring (bicyclic) bond motifs is 1. The number of nitrogens with one attached hydrogen (secondary N) is 1. The number of unbranched alkanes of at least 4 members (excludes halogenated alkanes) is 1. The predicted octanol–water partition coefficient (Wildman–Crippen LogP) is 3.02. The van der Waals surface area contributed by atoms with Gasteiger partial charge in [0, 0.05) is 31.8 Å². The van der Waals surface area contributed by atoms with E-state index in [2.05, 4.69) is 9.62 Å². The third-order valence-corrected chi connectivity index (χ3v) is 6.49. The molecule has 0 saturated carbocycles. The number of aryl methyl sites for hydroxylation is 1. The molecule has 0 radical (unpaired) electrons. The van der Waals surface area contributed by atoms with E-state index in [0.29, 0.717) is 13.1 Å². The quantitative estimate of drug-likeness (QED) is 0.415. The van der Waals surface area contributed by atoms with Gasteiger partial charge < -0.3 is 0 Å². The monoisotopic (exact) mass is 403 g/mol. The highest BCUT2D eigenvalue weighted by molar-refractivity contribution is 7.89. The molecule has 2 aromatic carbocycles. The maximum atomic E-state index is 12.3. The van der Waals surface area contributed by atoms with Gasteiger partial charge in [0.2, 0.25) is 10.0 Å². The van der Waals surface area contributed by atoms with Crippen LogP contribution in [-0.2, 0) is 23.0 Å². The number of nitro groups is 1. The zero-order valence-corrected chi connectivity index (χ0v) is 16.7. The van der Waals surface area contributed by atoms with E-state index in [0.717, 1.165) is 43.5 Å². The van der Waals surface area contributed by atoms with E-state index in [-0.39, 0.29) is 15.5 Å². The number of sulfonamides is 1. The average Bonchev–Trinajstić information content (AvgIpc) is 2.67. The van der Waals surface area contributed by atoms with Crippen LogP contribution in [0.1, 0.15) is 29.5 Å². The van der Waals surface area contributed by atoms with Crippen LogP contribution >= 0.6 is 0 Å². The minimum atomic E-state index is -3.46. The van der Waals surface area contributed by atoms with Crippen LogP contribution in [0.3, 0.4) is 0 Å². The van der Waals surface area contributed by atoms with E-state index in [1.165, 1.54) is 5.56 Å². The second-order valence-electron chi connectivity index (χ2n) is 7.15. The Kier molecular flexibility index (Phi) is 6.43. The molecule has 0 aliphatic carbocycles. The lowest BCUT2D eigenvalue weighted by atomic mass is 9.99. The molecule has 0 unspecified atom stereocenters. The maximum absolute atomic E-state index is 12.3. The molecule has 8 heteroatoms. The first-order chi connectivity index (χ1) is 13.3. The predicted molar refractivity (Wildman–Crippen MR) is 108 cm³/mol. The minimum absolute atomic E-state index is 0.131. The lowest BCUT2D eigenvalue weighted by Crippen LogP contribution is -2.32. The first-order valence-electron chi connectivity index (χ1n) is 9.40. The van der Waals surface area contributed by atoms with Gasteiger partial charge in [-0.1, -0.05) is 23.8 Å². The van der Waals surface area contributed by atoms with E-state index >= 15 is 0 Å². The second-order valence-corrected chi connectivity index (χ2v) is 8.92. The molecule has 0 spiro atoms. The summed E-state index contributed by atoms with van der Waals surface area (Å²) in [5.74, 6) is 0. The van der Waals surface area contributed by atoms with Crippen LogP contribution in [0.15, 0.2) is 47.4 Å². The molecule has 0 fully saturated rings. The Morgan fingerprint density at radius 1 is 1.11 bits per heavy atom. The number of non-ortho nitro benzene ring substituents is 1. The van der Waals surface area contributed by atoms with Gasteiger partial charge in [0.25, 0.3) is 5.69 Å². The SMILES string of the molecule is Cc1ccc(S(=O)(=O)NCCCCN2CCc3ccc([N+](=O)[O-])cc3C2)cc1. The fourth-order valence-electron chi connectivity index (χ4n) is 3.37. The van der Waals surface area contributed by atoms with E-state index in [1.54, 1.807) is 36.4 Å². The molecule has 0 saturated heterocycles. The van der Waals surface area contributed by atoms with Gasteiger partial charge in [-0.05, 0) is 56.0 Å². The summed E-state index contributed by atoms with van der Waals surface area (Å²) in [6.07, 6.45) is 2.48. The van der Waals surface area contributed by atoms with Crippen LogP contribution in [0.5, 0.6) is 0 Å². The number of hydrogen-bond acceptors (Lipinski definition) is 5. The normalized spacial score (nSPS) is 14.6. The summed E-state index contributed by atoms with van der Waals surface area (Å²) < 4.78 is 27.2. The Bertz CT molecular complexity index is 942. The van der Waals surface area contributed by atoms with Crippen molar-refractivity contribution >= 4 is 15.7 Å². The molecule has 1 aliphatic rings. The maximum Gasteiger partial charge on any atom is 0.269 e. The molecular weight excluding hydrogens is 378 g/mol. The van der Waals surface area contributed by atoms with Crippen molar-refractivity contribution in [1.29, 1.82) is 0 Å². The lowest BCUT2D eigenvalue weighted by molar-refractivity contribution is -0.385. The molecule has 0 atom stereocenters. The van der Waals surface area contributed by atoms with Crippen LogP contribution in [0, 0.1) is 17.0 Å². The fraction of sp³-hybridized carbons (Fsp3) is 0.400. The summed E-state index contributed by atoms with van der Waals surface area (Å²) in [4.78, 5) is 13.1. The van der Waals surface area contributed by atoms with Gasteiger partial charge in [-0.2, -0.15) is 0 Å². The number of rotatable bonds is 8. The number of hydrogen-bond donors (Lipinski definition) is 1. The van der Waals surface area contributed by atoms with Crippen molar-refractivity contribution < 1.29 is 13.3 Å². The van der Waals surface area contributed by atoms with Crippen LogP contribution in [0.4, 0.5) is 5.69 Å². The summed E-state index contributed by atoms with van der Waals surface area (Å²) in [6, 6.07) is 11.9. The van der Waals surface area contributed by atoms with E-state index in [9.17, 15) is 18.5 Å². The van der Waals surface area contributed by atoms with Crippen LogP contribution < -0.4 is 4.72 Å². The first-order valence-corrected chi connectivity index (χ1v) is 10.9. The van der Waals surface area contributed by atoms with Crippen LogP contribution in [0.2, 0.25) is 0 Å². The summed E-state index contributed by atoms with van der Waals surface area (Å²) >= 11 is 0. The molecule has 1 N–H and O–H groups in total. The second kappa shape index (κ2) is 8.81. The lowest BCUT2D eigenvalue weighted by Gasteiger charge is -2.28. The first kappa shape index (κ1) is 20.4. The van der Waals surface area contributed by atoms with Crippen molar-refractivity contribution in [1.82, 2.24) is 9.62 Å². The topological polar surface area (TPSA) is 92.6 Å². The molecule has 0 bridgehead atoms. The summed E-state index contributed by atoms with van der Waals surface area (Å²) in [5, 5.41) is 10.9. The highest BCUT2D eigenvalue weighted by Gasteiger charge is 2.19. The van der Waals surface area contributed by atoms with Gasteiger partial charge in [-0.3, -0.25) is 15.0 Å². The van der Waals surface area contributed by atoms with E-state index in [1.807, 2.05) is 13.0 Å². The molecule has 1 aliphatic heterocycles. The highest BCUT2D eigenvalue weighted by atomic mass is 32.2. The summed E-state index contributed by atoms with van der Waals surface area (Å²) in [7, 11) is -3.46. The molecule has 1 heterocycles. The third kappa shape index (κ3) is 5.15. The van der Waals surface area contributed by atoms with Crippen molar-refractivity contribution in [2.24, 2.45) is 0 Å². The largest absolute Gasteiger partial charge is 0.299 e. The smallest absolute Gasteiger partial charge is 0.269 e. The van der Waals surface area contributed by atoms with Gasteiger partial charge in [0.15, 0.2) is 0 Å². The van der Waals surface area contributed by atoms with Crippen molar-refractivity contribution in [3.63, 3.8) is 0 Å². The minimum Gasteiger partial charge on any atom is -0.299 e. The molecule has 0 aromatic heterocycles. The number of nitro benzene ring substituents is 1. The number of nitrogens with zero attached hydrogens (tertiary/aromatic N) is 2. The van der Waals surface area contributed by atoms with Gasteiger partial charge in [0.05, 0.1) is 9.82 Å². The van der Waals surface area contributed by atoms with Crippen molar-refractivity contribution in [3.05, 3.63) is 69.3 Å². The van der Waals surface area contributed by atoms with E-state index in [4.69, 9.17) is 0 Å². The van der Waals surface area contributed by atoms with Crippen LogP contribution in [-0.4, -0.2) is 37.9 Å². The van der Waals surface area contributed by atoms with Crippen LogP contribution in [0.25, 0.3) is 0 Å². The average molecular weight is 404 g/mol. The molecule has 7 nitrogen and oxygen atoms in total. The zero-order valence-electron chi connectivity index (χ0n) is 15.9. The van der Waals surface area contributed by atoms with Crippen molar-refractivity contribution in [2.75, 3.05) is 19.6 Å². The standard InChI is InChI=1S/C20H25N3O4S/c1-16-4-8-20(9-5-16)28(26,27)21-11-2-3-12-22-13-10-17-6-7-19(23(24)25)14-18(17)15-22/h4-9,14,21H,2-3,10-13,15H2,1H3. The molecule has 3 rings (SSSR count). The van der Waals surface area contributed by atoms with Gasteiger partial charge in [-0.25, -0.2) is 13.1 Å². The molecule has 28 heavy (non-hydrogen) atoms. The summed E-state index contributed by atoms with van der Waals surface area (Å²) in [5.41, 5.74) is 3.34. The zero-order chi connectivity index (χ0) is 20.1. The Morgan fingerprint density at radius 3 is 2.57 bits per heavy atom. The highest BCUT2D eigenvalue weighted by Crippen LogP contribution is 2.24. The Balaban J connectivity index is 1.44. The fourth-order valence-corrected chi connectivity index (χ4v) is 4.45. The summed E-state index contributed by atoms with van der Waals surface area (Å²) in [6.45, 7) is 4.77. The molecule has 150 valence electrons. The molecular formula is C20H25N3O4S. The van der Waals surface area contributed by atoms with Gasteiger partial charge >= 0.3 is 0 Å². The Morgan fingerprint density at radius 2 is 1.86 bits per heavy atom. The van der Waals surface area contributed by atoms with Crippen molar-refractivity contribution in [3.8, 4) is 0 Å². The molecule has 0 amide bonds. The van der Waals surface area contributed by atoms with Gasteiger partial charge in [-0.15, -0.1) is 0 Å². The van der Waals surface area contributed by atoms with E-state index < -0.39 is 10.0 Å². The third-order valence-electron chi connectivity index (χ3n) is 5.02. The van der Waals surface area contributed by atoms with Gasteiger partial charge in [0.1, 0.15) is 0 Å². The molecule has 2 aromatic rings. The number of benzene rings is 2. The Labute approximate surface area is 165 Å².